The highest BCUT2D eigenvalue weighted by atomic mass is 16.2. The van der Waals surface area contributed by atoms with Crippen LogP contribution < -0.4 is 5.32 Å². The minimum Gasteiger partial charge on any atom is -0.323 e. The van der Waals surface area contributed by atoms with Crippen LogP contribution in [0, 0.1) is 5.92 Å². The maximum atomic E-state index is 12.2. The van der Waals surface area contributed by atoms with Gasteiger partial charge >= 0.3 is 0 Å². The zero-order valence-corrected chi connectivity index (χ0v) is 10.7. The third kappa shape index (κ3) is 2.24. The molecule has 0 radical (unpaired) electrons. The molecule has 92 valence electrons. The van der Waals surface area contributed by atoms with Gasteiger partial charge in [-0.15, -0.1) is 0 Å². The molecule has 1 aliphatic carbocycles. The van der Waals surface area contributed by atoms with E-state index in [1.807, 2.05) is 0 Å². The monoisotopic (exact) mass is 224 g/mol. The molecule has 3 unspecified atom stereocenters. The Hall–Kier alpha value is -0.570. The molecule has 0 bridgehead atoms. The lowest BCUT2D eigenvalue weighted by Crippen LogP contribution is -2.43. The molecule has 0 aromatic heterocycles. The highest BCUT2D eigenvalue weighted by molar-refractivity contribution is 5.84. The molecular weight excluding hydrogens is 200 g/mol. The topological polar surface area (TPSA) is 32.3 Å². The van der Waals surface area contributed by atoms with Crippen molar-refractivity contribution in [2.75, 3.05) is 0 Å². The Morgan fingerprint density at radius 2 is 2.06 bits per heavy atom. The van der Waals surface area contributed by atoms with Gasteiger partial charge in [0.1, 0.15) is 0 Å². The Morgan fingerprint density at radius 1 is 1.38 bits per heavy atom. The van der Waals surface area contributed by atoms with Crippen molar-refractivity contribution in [3.8, 4) is 0 Å². The van der Waals surface area contributed by atoms with E-state index >= 15 is 0 Å². The molecule has 1 heterocycles. The Bertz CT molecular complexity index is 263. The summed E-state index contributed by atoms with van der Waals surface area (Å²) in [7, 11) is 0. The van der Waals surface area contributed by atoms with Crippen LogP contribution in [-0.4, -0.2) is 29.1 Å². The van der Waals surface area contributed by atoms with Gasteiger partial charge < -0.3 is 4.90 Å². The fraction of sp³-hybridized carbons (Fsp3) is 0.923. The second kappa shape index (κ2) is 4.74. The Labute approximate surface area is 98.6 Å². The van der Waals surface area contributed by atoms with Gasteiger partial charge in [-0.3, -0.25) is 10.1 Å². The third-order valence-electron chi connectivity index (χ3n) is 3.92. The molecule has 2 aliphatic rings. The number of hydrogen-bond acceptors (Lipinski definition) is 2. The van der Waals surface area contributed by atoms with Crippen LogP contribution >= 0.6 is 0 Å². The smallest absolute Gasteiger partial charge is 0.241 e. The number of amides is 1. The molecule has 1 N–H and O–H groups in total. The highest BCUT2D eigenvalue weighted by Gasteiger charge is 2.40. The van der Waals surface area contributed by atoms with Gasteiger partial charge in [0.2, 0.25) is 5.91 Å². The van der Waals surface area contributed by atoms with Crippen molar-refractivity contribution in [2.45, 2.75) is 71.1 Å². The van der Waals surface area contributed by atoms with Crippen LogP contribution in [0.2, 0.25) is 0 Å². The number of nitrogens with one attached hydrogen (secondary N) is 1. The van der Waals surface area contributed by atoms with Crippen LogP contribution in [0.25, 0.3) is 0 Å². The Balaban J connectivity index is 2.00. The maximum absolute atomic E-state index is 12.2. The van der Waals surface area contributed by atoms with Crippen molar-refractivity contribution in [1.82, 2.24) is 10.2 Å². The Morgan fingerprint density at radius 3 is 2.56 bits per heavy atom. The number of carbonyl (C=O) groups is 1. The van der Waals surface area contributed by atoms with Crippen molar-refractivity contribution >= 4 is 5.91 Å². The SMILES string of the molecule is CCC1NC(CC)N(C(C)CC2CC2)C1=O. The van der Waals surface area contributed by atoms with Crippen molar-refractivity contribution in [3.05, 3.63) is 0 Å². The van der Waals surface area contributed by atoms with Gasteiger partial charge in [-0.1, -0.05) is 26.7 Å². The Kier molecular flexibility index (Phi) is 3.53. The van der Waals surface area contributed by atoms with Crippen LogP contribution in [-0.2, 0) is 4.79 Å². The van der Waals surface area contributed by atoms with Crippen LogP contribution in [0.1, 0.15) is 52.9 Å². The molecule has 3 heteroatoms. The lowest BCUT2D eigenvalue weighted by Gasteiger charge is -2.30. The van der Waals surface area contributed by atoms with Gasteiger partial charge in [-0.05, 0) is 32.1 Å². The normalized spacial score (nSPS) is 32.2. The first-order valence-electron chi connectivity index (χ1n) is 6.75. The summed E-state index contributed by atoms with van der Waals surface area (Å²) < 4.78 is 0. The average molecular weight is 224 g/mol. The van der Waals surface area contributed by atoms with Gasteiger partial charge in [0, 0.05) is 6.04 Å². The number of nitrogens with zero attached hydrogens (tertiary/aromatic N) is 1. The minimum atomic E-state index is 0.0617. The fourth-order valence-corrected chi connectivity index (χ4v) is 2.80. The third-order valence-corrected chi connectivity index (χ3v) is 3.92. The zero-order valence-electron chi connectivity index (χ0n) is 10.7. The lowest BCUT2D eigenvalue weighted by atomic mass is 10.1. The van der Waals surface area contributed by atoms with Crippen molar-refractivity contribution < 1.29 is 4.79 Å². The zero-order chi connectivity index (χ0) is 11.7. The lowest BCUT2D eigenvalue weighted by molar-refractivity contribution is -0.132. The van der Waals surface area contributed by atoms with E-state index in [1.165, 1.54) is 19.3 Å². The molecule has 1 saturated heterocycles. The highest BCUT2D eigenvalue weighted by Crippen LogP contribution is 2.35. The predicted molar refractivity (Wildman–Crippen MR) is 64.9 cm³/mol. The molecule has 1 saturated carbocycles. The minimum absolute atomic E-state index is 0.0617. The first-order chi connectivity index (χ1) is 7.67. The predicted octanol–water partition coefficient (Wildman–Crippen LogP) is 2.12. The van der Waals surface area contributed by atoms with Crippen LogP contribution in [0.15, 0.2) is 0 Å². The quantitative estimate of drug-likeness (QED) is 0.776. The van der Waals surface area contributed by atoms with E-state index in [2.05, 4.69) is 31.0 Å². The molecule has 1 amide bonds. The number of carbonyl (C=O) groups excluding carboxylic acids is 1. The largest absolute Gasteiger partial charge is 0.323 e. The van der Waals surface area contributed by atoms with Crippen molar-refractivity contribution in [3.63, 3.8) is 0 Å². The van der Waals surface area contributed by atoms with E-state index in [0.717, 1.165) is 18.8 Å². The van der Waals surface area contributed by atoms with E-state index in [-0.39, 0.29) is 12.2 Å². The summed E-state index contributed by atoms with van der Waals surface area (Å²) in [5.74, 6) is 1.21. The average Bonchev–Trinajstić information content (AvgIpc) is 3.00. The second-order valence-corrected chi connectivity index (χ2v) is 5.33. The van der Waals surface area contributed by atoms with E-state index in [4.69, 9.17) is 0 Å². The van der Waals surface area contributed by atoms with Crippen molar-refractivity contribution in [1.29, 1.82) is 0 Å². The van der Waals surface area contributed by atoms with Crippen LogP contribution in [0.3, 0.4) is 0 Å². The van der Waals surface area contributed by atoms with Crippen molar-refractivity contribution in [2.24, 2.45) is 5.92 Å². The maximum Gasteiger partial charge on any atom is 0.241 e. The van der Waals surface area contributed by atoms with E-state index in [1.54, 1.807) is 0 Å². The summed E-state index contributed by atoms with van der Waals surface area (Å²) in [6, 6.07) is 0.473. The summed E-state index contributed by atoms with van der Waals surface area (Å²) >= 11 is 0. The molecular formula is C13H24N2O. The molecule has 3 nitrogen and oxygen atoms in total. The number of hydrogen-bond donors (Lipinski definition) is 1. The van der Waals surface area contributed by atoms with E-state index in [9.17, 15) is 4.79 Å². The van der Waals surface area contributed by atoms with E-state index < -0.39 is 0 Å². The molecule has 0 aromatic carbocycles. The molecule has 1 aliphatic heterocycles. The summed E-state index contributed by atoms with van der Waals surface area (Å²) in [4.78, 5) is 14.3. The van der Waals surface area contributed by atoms with Gasteiger partial charge in [0.15, 0.2) is 0 Å². The van der Waals surface area contributed by atoms with E-state index in [0.29, 0.717) is 11.9 Å². The standard InChI is InChI=1S/C13H24N2O/c1-4-11-13(16)15(12(5-2)14-11)9(3)8-10-6-7-10/h9-12,14H,4-8H2,1-3H3. The molecule has 2 rings (SSSR count). The number of rotatable bonds is 5. The summed E-state index contributed by atoms with van der Waals surface area (Å²) in [5, 5.41) is 3.44. The molecule has 2 fully saturated rings. The second-order valence-electron chi connectivity index (χ2n) is 5.33. The van der Waals surface area contributed by atoms with Crippen LogP contribution in [0.5, 0.6) is 0 Å². The van der Waals surface area contributed by atoms with Gasteiger partial charge in [-0.25, -0.2) is 0 Å². The summed E-state index contributed by atoms with van der Waals surface area (Å²) in [6.07, 6.45) is 6.12. The first kappa shape index (κ1) is 11.9. The van der Waals surface area contributed by atoms with Gasteiger partial charge in [0.25, 0.3) is 0 Å². The molecule has 0 aromatic rings. The van der Waals surface area contributed by atoms with Gasteiger partial charge in [0.05, 0.1) is 12.2 Å². The summed E-state index contributed by atoms with van der Waals surface area (Å²) in [6.45, 7) is 6.44. The molecule has 0 spiro atoms. The summed E-state index contributed by atoms with van der Waals surface area (Å²) in [5.41, 5.74) is 0. The van der Waals surface area contributed by atoms with Gasteiger partial charge in [-0.2, -0.15) is 0 Å². The molecule has 3 atom stereocenters. The molecule has 16 heavy (non-hydrogen) atoms. The van der Waals surface area contributed by atoms with Crippen LogP contribution in [0.4, 0.5) is 0 Å². The first-order valence-corrected chi connectivity index (χ1v) is 6.75. The fourth-order valence-electron chi connectivity index (χ4n) is 2.80.